The van der Waals surface area contributed by atoms with Crippen molar-refractivity contribution in [2.75, 3.05) is 31.6 Å². The number of carbonyl (C=O) groups excluding carboxylic acids is 1. The van der Waals surface area contributed by atoms with Gasteiger partial charge < -0.3 is 20.1 Å². The van der Waals surface area contributed by atoms with Gasteiger partial charge >= 0.3 is 0 Å². The first-order valence-electron chi connectivity index (χ1n) is 9.63. The fraction of sp³-hybridized carbons (Fsp3) is 0.650. The van der Waals surface area contributed by atoms with Crippen molar-refractivity contribution in [3.8, 4) is 5.75 Å². The van der Waals surface area contributed by atoms with E-state index >= 15 is 0 Å². The molecule has 6 heteroatoms. The van der Waals surface area contributed by atoms with E-state index in [4.69, 9.17) is 9.47 Å². The van der Waals surface area contributed by atoms with Crippen molar-refractivity contribution in [3.63, 3.8) is 0 Å². The van der Waals surface area contributed by atoms with Crippen molar-refractivity contribution in [2.45, 2.75) is 44.6 Å². The topological polar surface area (TPSA) is 59.6 Å². The van der Waals surface area contributed by atoms with Crippen LogP contribution in [0, 0.1) is 11.3 Å². The molecule has 2 aliphatic heterocycles. The SMILES string of the molecule is Cl.O=C(Nc1ccc(OCC2CCCO2)cc1)[C@@]12CCCC[C@H]1CNC2. The maximum atomic E-state index is 13.0. The van der Waals surface area contributed by atoms with E-state index in [2.05, 4.69) is 10.6 Å². The van der Waals surface area contributed by atoms with Gasteiger partial charge in [0.25, 0.3) is 0 Å². The second-order valence-corrected chi connectivity index (χ2v) is 7.65. The number of fused-ring (bicyclic) bond motifs is 1. The summed E-state index contributed by atoms with van der Waals surface area (Å²) in [5.74, 6) is 1.48. The van der Waals surface area contributed by atoms with E-state index < -0.39 is 0 Å². The number of nitrogens with one attached hydrogen (secondary N) is 2. The Hall–Kier alpha value is -1.30. The predicted molar refractivity (Wildman–Crippen MR) is 104 cm³/mol. The van der Waals surface area contributed by atoms with E-state index in [9.17, 15) is 4.79 Å². The lowest BCUT2D eigenvalue weighted by atomic mass is 9.67. The summed E-state index contributed by atoms with van der Waals surface area (Å²) >= 11 is 0. The van der Waals surface area contributed by atoms with Gasteiger partial charge in [0.15, 0.2) is 0 Å². The fourth-order valence-corrected chi connectivity index (χ4v) is 4.55. The molecule has 1 unspecified atom stereocenters. The van der Waals surface area contributed by atoms with Crippen LogP contribution in [0.4, 0.5) is 5.69 Å². The number of anilines is 1. The van der Waals surface area contributed by atoms with Gasteiger partial charge in [0.05, 0.1) is 11.5 Å². The minimum absolute atomic E-state index is 0. The first-order valence-corrected chi connectivity index (χ1v) is 9.63. The zero-order valence-electron chi connectivity index (χ0n) is 15.2. The zero-order chi connectivity index (χ0) is 17.1. The maximum absolute atomic E-state index is 13.0. The van der Waals surface area contributed by atoms with Crippen LogP contribution in [0.25, 0.3) is 0 Å². The second kappa shape index (κ2) is 8.59. The summed E-state index contributed by atoms with van der Waals surface area (Å²) in [7, 11) is 0. The molecule has 1 aromatic rings. The third-order valence-electron chi connectivity index (χ3n) is 6.06. The van der Waals surface area contributed by atoms with Crippen molar-refractivity contribution < 1.29 is 14.3 Å². The maximum Gasteiger partial charge on any atom is 0.232 e. The highest BCUT2D eigenvalue weighted by molar-refractivity contribution is 5.96. The highest BCUT2D eigenvalue weighted by Crippen LogP contribution is 2.44. The molecule has 3 fully saturated rings. The number of ether oxygens (including phenoxy) is 2. The number of benzene rings is 1. The molecule has 1 saturated carbocycles. The Morgan fingerprint density at radius 2 is 2.08 bits per heavy atom. The van der Waals surface area contributed by atoms with E-state index in [0.29, 0.717) is 12.5 Å². The summed E-state index contributed by atoms with van der Waals surface area (Å²) in [4.78, 5) is 13.0. The van der Waals surface area contributed by atoms with Crippen molar-refractivity contribution in [2.24, 2.45) is 11.3 Å². The summed E-state index contributed by atoms with van der Waals surface area (Å²) in [5, 5.41) is 6.57. The van der Waals surface area contributed by atoms with Crippen LogP contribution < -0.4 is 15.4 Å². The fourth-order valence-electron chi connectivity index (χ4n) is 4.55. The molecule has 4 rings (SSSR count). The Morgan fingerprint density at radius 3 is 2.85 bits per heavy atom. The van der Waals surface area contributed by atoms with Crippen LogP contribution in [0.5, 0.6) is 5.75 Å². The largest absolute Gasteiger partial charge is 0.491 e. The molecule has 1 aromatic carbocycles. The van der Waals surface area contributed by atoms with E-state index in [-0.39, 0.29) is 29.8 Å². The summed E-state index contributed by atoms with van der Waals surface area (Å²) in [5.41, 5.74) is 0.632. The number of rotatable bonds is 5. The minimum Gasteiger partial charge on any atom is -0.491 e. The standard InChI is InChI=1S/C20H28N2O3.ClH/c23-19(20-10-2-1-4-15(20)12-21-14-20)22-16-6-8-17(9-7-16)25-13-18-5-3-11-24-18;/h6-9,15,18,21H,1-5,10-14H2,(H,22,23);1H/t15-,18?,20+;/m0./s1. The molecule has 5 nitrogen and oxygen atoms in total. The minimum atomic E-state index is -0.215. The lowest BCUT2D eigenvalue weighted by Crippen LogP contribution is -2.44. The Morgan fingerprint density at radius 1 is 1.23 bits per heavy atom. The molecule has 1 amide bonds. The Kier molecular flexibility index (Phi) is 6.43. The molecule has 2 heterocycles. The van der Waals surface area contributed by atoms with Gasteiger partial charge in [-0.05, 0) is 62.4 Å². The molecule has 2 N–H and O–H groups in total. The highest BCUT2D eigenvalue weighted by Gasteiger charge is 2.49. The highest BCUT2D eigenvalue weighted by atomic mass is 35.5. The number of hydrogen-bond acceptors (Lipinski definition) is 4. The van der Waals surface area contributed by atoms with Crippen LogP contribution in [-0.4, -0.2) is 38.3 Å². The quantitative estimate of drug-likeness (QED) is 0.822. The third kappa shape index (κ3) is 4.00. The van der Waals surface area contributed by atoms with Gasteiger partial charge in [0.1, 0.15) is 12.4 Å². The normalized spacial score (nSPS) is 30.3. The van der Waals surface area contributed by atoms with Gasteiger partial charge in [-0.1, -0.05) is 12.8 Å². The van der Waals surface area contributed by atoms with Crippen LogP contribution in [0.15, 0.2) is 24.3 Å². The van der Waals surface area contributed by atoms with E-state index in [1.807, 2.05) is 24.3 Å². The van der Waals surface area contributed by atoms with Crippen LogP contribution in [0.2, 0.25) is 0 Å². The van der Waals surface area contributed by atoms with Crippen LogP contribution >= 0.6 is 12.4 Å². The lowest BCUT2D eigenvalue weighted by Gasteiger charge is -2.37. The third-order valence-corrected chi connectivity index (χ3v) is 6.06. The first kappa shape index (κ1) is 19.5. The van der Waals surface area contributed by atoms with E-state index in [0.717, 1.165) is 63.2 Å². The van der Waals surface area contributed by atoms with Gasteiger partial charge in [-0.3, -0.25) is 4.79 Å². The molecule has 0 spiro atoms. The van der Waals surface area contributed by atoms with Crippen LogP contribution in [-0.2, 0) is 9.53 Å². The smallest absolute Gasteiger partial charge is 0.232 e. The van der Waals surface area contributed by atoms with Crippen LogP contribution in [0.3, 0.4) is 0 Å². The molecule has 144 valence electrons. The summed E-state index contributed by atoms with van der Waals surface area (Å²) in [6.07, 6.45) is 6.98. The second-order valence-electron chi connectivity index (χ2n) is 7.65. The molecule has 0 aromatic heterocycles. The number of carbonyl (C=O) groups is 1. The Labute approximate surface area is 161 Å². The van der Waals surface area contributed by atoms with E-state index in [1.54, 1.807) is 0 Å². The molecule has 26 heavy (non-hydrogen) atoms. The van der Waals surface area contributed by atoms with Crippen LogP contribution in [0.1, 0.15) is 38.5 Å². The van der Waals surface area contributed by atoms with Gasteiger partial charge in [0.2, 0.25) is 5.91 Å². The summed E-state index contributed by atoms with van der Waals surface area (Å²) < 4.78 is 11.4. The molecule has 1 aliphatic carbocycles. The molecule has 0 bridgehead atoms. The number of hydrogen-bond donors (Lipinski definition) is 2. The molecular formula is C20H29ClN2O3. The monoisotopic (exact) mass is 380 g/mol. The number of amides is 1. The molecule has 3 atom stereocenters. The van der Waals surface area contributed by atoms with Gasteiger partial charge in [-0.15, -0.1) is 12.4 Å². The lowest BCUT2D eigenvalue weighted by molar-refractivity contribution is -0.128. The average Bonchev–Trinajstić information content (AvgIpc) is 3.31. The summed E-state index contributed by atoms with van der Waals surface area (Å²) in [6.45, 7) is 3.23. The van der Waals surface area contributed by atoms with Crippen molar-refractivity contribution in [1.82, 2.24) is 5.32 Å². The van der Waals surface area contributed by atoms with Crippen molar-refractivity contribution >= 4 is 24.0 Å². The van der Waals surface area contributed by atoms with Crippen molar-refractivity contribution in [3.05, 3.63) is 24.3 Å². The Balaban J connectivity index is 0.00000196. The average molecular weight is 381 g/mol. The predicted octanol–water partition coefficient (Wildman–Crippen LogP) is 3.38. The zero-order valence-corrected chi connectivity index (χ0v) is 16.0. The molecule has 3 aliphatic rings. The Bertz CT molecular complexity index is 604. The van der Waals surface area contributed by atoms with Crippen molar-refractivity contribution in [1.29, 1.82) is 0 Å². The van der Waals surface area contributed by atoms with Gasteiger partial charge in [0, 0.05) is 18.8 Å². The van der Waals surface area contributed by atoms with Gasteiger partial charge in [-0.25, -0.2) is 0 Å². The first-order chi connectivity index (χ1) is 12.3. The summed E-state index contributed by atoms with van der Waals surface area (Å²) in [6, 6.07) is 7.71. The molecule has 0 radical (unpaired) electrons. The van der Waals surface area contributed by atoms with Gasteiger partial charge in [-0.2, -0.15) is 0 Å². The molecular weight excluding hydrogens is 352 g/mol. The number of halogens is 1. The molecule has 2 saturated heterocycles. The van der Waals surface area contributed by atoms with E-state index in [1.165, 1.54) is 6.42 Å².